The smallest absolute Gasteiger partial charge is 0.254 e. The molecule has 118 valence electrons. The van der Waals surface area contributed by atoms with Gasteiger partial charge in [-0.3, -0.25) is 4.79 Å². The summed E-state index contributed by atoms with van der Waals surface area (Å²) in [6, 6.07) is 3.91. The van der Waals surface area contributed by atoms with Gasteiger partial charge in [0.2, 0.25) is 0 Å². The number of aromatic nitrogens is 1. The molecule has 5 nitrogen and oxygen atoms in total. The topological polar surface area (TPSA) is 63.5 Å². The van der Waals surface area contributed by atoms with Crippen LogP contribution >= 0.6 is 11.3 Å². The highest BCUT2D eigenvalue weighted by molar-refractivity contribution is 7.15. The summed E-state index contributed by atoms with van der Waals surface area (Å²) in [5, 5.41) is 13.5. The van der Waals surface area contributed by atoms with E-state index in [1.54, 1.807) is 11.3 Å². The Morgan fingerprint density at radius 1 is 1.45 bits per heavy atom. The monoisotopic (exact) mass is 320 g/mol. The van der Waals surface area contributed by atoms with Crippen LogP contribution in [0.2, 0.25) is 0 Å². The molecule has 1 aliphatic carbocycles. The first-order chi connectivity index (χ1) is 10.7. The van der Waals surface area contributed by atoms with E-state index in [0.29, 0.717) is 0 Å². The van der Waals surface area contributed by atoms with E-state index in [4.69, 9.17) is 4.74 Å². The number of hydrogen-bond donors (Lipinski definition) is 2. The highest BCUT2D eigenvalue weighted by Gasteiger charge is 2.27. The summed E-state index contributed by atoms with van der Waals surface area (Å²) in [6.07, 6.45) is 6.34. The number of nitrogens with one attached hydrogen (secondary N) is 1. The number of fused-ring (bicyclic) bond motifs is 1. The van der Waals surface area contributed by atoms with Gasteiger partial charge in [0, 0.05) is 30.9 Å². The first kappa shape index (κ1) is 15.3. The Hall–Kier alpha value is -1.63. The Labute approximate surface area is 133 Å². The van der Waals surface area contributed by atoms with Crippen molar-refractivity contribution in [1.29, 1.82) is 0 Å². The van der Waals surface area contributed by atoms with Gasteiger partial charge in [-0.1, -0.05) is 0 Å². The Morgan fingerprint density at radius 2 is 2.23 bits per heavy atom. The second kappa shape index (κ2) is 6.64. The van der Waals surface area contributed by atoms with Crippen LogP contribution in [0.1, 0.15) is 27.2 Å². The summed E-state index contributed by atoms with van der Waals surface area (Å²) in [4.78, 5) is 13.9. The number of carbonyl (C=O) groups excluding carboxylic acids is 1. The third-order valence-corrected chi connectivity index (χ3v) is 5.13. The Morgan fingerprint density at radius 3 is 2.95 bits per heavy atom. The fourth-order valence-electron chi connectivity index (χ4n) is 2.83. The molecule has 2 aromatic heterocycles. The third kappa shape index (κ3) is 2.95. The van der Waals surface area contributed by atoms with E-state index in [1.807, 2.05) is 29.1 Å². The van der Waals surface area contributed by atoms with Gasteiger partial charge in [-0.25, -0.2) is 0 Å². The van der Waals surface area contributed by atoms with Gasteiger partial charge in [0.15, 0.2) is 0 Å². The van der Waals surface area contributed by atoms with Crippen molar-refractivity contribution >= 4 is 17.2 Å². The second-order valence-corrected chi connectivity index (χ2v) is 6.53. The van der Waals surface area contributed by atoms with Crippen LogP contribution in [0.4, 0.5) is 0 Å². The number of ether oxygens (including phenoxy) is 1. The summed E-state index contributed by atoms with van der Waals surface area (Å²) in [6.45, 7) is 0.412. The Balaban J connectivity index is 1.84. The van der Waals surface area contributed by atoms with Crippen molar-refractivity contribution < 1.29 is 14.6 Å². The zero-order valence-corrected chi connectivity index (χ0v) is 13.4. The van der Waals surface area contributed by atoms with Crippen molar-refractivity contribution in [3.63, 3.8) is 0 Å². The molecule has 0 bridgehead atoms. The third-order valence-electron chi connectivity index (χ3n) is 3.83. The molecule has 2 aromatic rings. The molecule has 1 aliphatic rings. The summed E-state index contributed by atoms with van der Waals surface area (Å²) >= 11 is 1.69. The quantitative estimate of drug-likeness (QED) is 0.852. The number of methoxy groups -OCH3 is 1. The lowest BCUT2D eigenvalue weighted by Crippen LogP contribution is -2.34. The fraction of sp³-hybridized carbons (Fsp3) is 0.438. The molecule has 22 heavy (non-hydrogen) atoms. The number of hydrogen-bond acceptors (Lipinski definition) is 4. The largest absolute Gasteiger partial charge is 0.389 e. The van der Waals surface area contributed by atoms with Crippen LogP contribution in [-0.4, -0.2) is 41.9 Å². The van der Waals surface area contributed by atoms with Gasteiger partial charge < -0.3 is 19.7 Å². The van der Waals surface area contributed by atoms with Gasteiger partial charge in [0.05, 0.1) is 18.3 Å². The SMILES string of the molecule is COCC(O)CNC(=O)c1c(-n2cccc2)sc2c1CCC2. The van der Waals surface area contributed by atoms with Crippen LogP contribution < -0.4 is 5.32 Å². The van der Waals surface area contributed by atoms with E-state index in [2.05, 4.69) is 5.32 Å². The minimum absolute atomic E-state index is 0.113. The van der Waals surface area contributed by atoms with Gasteiger partial charge in [-0.2, -0.15) is 0 Å². The van der Waals surface area contributed by atoms with Crippen LogP contribution in [0, 0.1) is 0 Å². The lowest BCUT2D eigenvalue weighted by molar-refractivity contribution is 0.0609. The molecule has 3 rings (SSSR count). The van der Waals surface area contributed by atoms with Gasteiger partial charge in [-0.15, -0.1) is 11.3 Å². The summed E-state index contributed by atoms with van der Waals surface area (Å²) in [5.41, 5.74) is 1.94. The minimum Gasteiger partial charge on any atom is -0.389 e. The highest BCUT2D eigenvalue weighted by Crippen LogP contribution is 2.37. The number of amides is 1. The van der Waals surface area contributed by atoms with Gasteiger partial charge >= 0.3 is 0 Å². The molecule has 2 N–H and O–H groups in total. The van der Waals surface area contributed by atoms with Crippen LogP contribution in [0.15, 0.2) is 24.5 Å². The second-order valence-electron chi connectivity index (χ2n) is 5.45. The predicted octanol–water partition coefficient (Wildman–Crippen LogP) is 1.76. The first-order valence-electron chi connectivity index (χ1n) is 7.43. The van der Waals surface area contributed by atoms with E-state index in [0.717, 1.165) is 29.8 Å². The Bertz CT molecular complexity index is 649. The van der Waals surface area contributed by atoms with Crippen LogP contribution in [0.5, 0.6) is 0 Å². The normalized spacial score (nSPS) is 14.8. The average Bonchev–Trinajstić information content (AvgIpc) is 3.19. The molecule has 0 fully saturated rings. The summed E-state index contributed by atoms with van der Waals surface area (Å²) in [5.74, 6) is -0.113. The molecule has 0 spiro atoms. The van der Waals surface area contributed by atoms with Crippen molar-refractivity contribution in [2.75, 3.05) is 20.3 Å². The molecular weight excluding hydrogens is 300 g/mol. The van der Waals surface area contributed by atoms with Crippen molar-refractivity contribution in [3.8, 4) is 5.00 Å². The Kier molecular flexibility index (Phi) is 4.61. The molecule has 0 aliphatic heterocycles. The van der Waals surface area contributed by atoms with E-state index < -0.39 is 6.10 Å². The van der Waals surface area contributed by atoms with E-state index in [-0.39, 0.29) is 19.1 Å². The number of aryl methyl sites for hydroxylation is 1. The summed E-state index contributed by atoms with van der Waals surface area (Å²) < 4.78 is 6.87. The maximum absolute atomic E-state index is 12.6. The fourth-order valence-corrected chi connectivity index (χ4v) is 4.18. The van der Waals surface area contributed by atoms with Gasteiger partial charge in [0.25, 0.3) is 5.91 Å². The predicted molar refractivity (Wildman–Crippen MR) is 85.9 cm³/mol. The van der Waals surface area contributed by atoms with Crippen LogP contribution in [-0.2, 0) is 17.6 Å². The number of rotatable bonds is 6. The standard InChI is InChI=1S/C16H20N2O3S/c1-21-10-11(19)9-17-15(20)14-12-5-4-6-13(12)22-16(14)18-7-2-3-8-18/h2-3,7-8,11,19H,4-6,9-10H2,1H3,(H,17,20). The van der Waals surface area contributed by atoms with Crippen molar-refractivity contribution in [1.82, 2.24) is 9.88 Å². The molecule has 0 aromatic carbocycles. The van der Waals surface area contributed by atoms with Crippen LogP contribution in [0.25, 0.3) is 5.00 Å². The highest BCUT2D eigenvalue weighted by atomic mass is 32.1. The number of aliphatic hydroxyl groups is 1. The number of aliphatic hydroxyl groups excluding tert-OH is 1. The lowest BCUT2D eigenvalue weighted by Gasteiger charge is -2.12. The number of carbonyl (C=O) groups is 1. The molecule has 2 heterocycles. The van der Waals surface area contributed by atoms with E-state index >= 15 is 0 Å². The maximum atomic E-state index is 12.6. The average molecular weight is 320 g/mol. The van der Waals surface area contributed by atoms with Crippen molar-refractivity contribution in [3.05, 3.63) is 40.5 Å². The van der Waals surface area contributed by atoms with Crippen molar-refractivity contribution in [2.24, 2.45) is 0 Å². The van der Waals surface area contributed by atoms with Crippen molar-refractivity contribution in [2.45, 2.75) is 25.4 Å². The molecule has 0 saturated carbocycles. The molecule has 0 radical (unpaired) electrons. The molecule has 6 heteroatoms. The molecule has 1 unspecified atom stereocenters. The summed E-state index contributed by atoms with van der Waals surface area (Å²) in [7, 11) is 1.53. The first-order valence-corrected chi connectivity index (χ1v) is 8.25. The number of thiophene rings is 1. The molecular formula is C16H20N2O3S. The zero-order valence-electron chi connectivity index (χ0n) is 12.5. The van der Waals surface area contributed by atoms with E-state index in [9.17, 15) is 9.90 Å². The minimum atomic E-state index is -0.685. The number of nitrogens with zero attached hydrogens (tertiary/aromatic N) is 1. The molecule has 1 amide bonds. The van der Waals surface area contributed by atoms with Crippen LogP contribution in [0.3, 0.4) is 0 Å². The molecule has 1 atom stereocenters. The van der Waals surface area contributed by atoms with E-state index in [1.165, 1.54) is 17.6 Å². The van der Waals surface area contributed by atoms with Gasteiger partial charge in [0.1, 0.15) is 5.00 Å². The van der Waals surface area contributed by atoms with Gasteiger partial charge in [-0.05, 0) is 37.0 Å². The maximum Gasteiger partial charge on any atom is 0.254 e. The molecule has 0 saturated heterocycles. The zero-order chi connectivity index (χ0) is 15.5. The lowest BCUT2D eigenvalue weighted by atomic mass is 10.1.